The lowest BCUT2D eigenvalue weighted by atomic mass is 9.89. The second kappa shape index (κ2) is 9.40. The summed E-state index contributed by atoms with van der Waals surface area (Å²) in [5.41, 5.74) is 4.06. The van der Waals surface area contributed by atoms with Crippen LogP contribution >= 0.6 is 0 Å². The lowest BCUT2D eigenvalue weighted by molar-refractivity contribution is -0.132. The van der Waals surface area contributed by atoms with E-state index in [-0.39, 0.29) is 17.9 Å². The number of nitrogens with one attached hydrogen (secondary N) is 1. The van der Waals surface area contributed by atoms with Crippen molar-refractivity contribution in [1.82, 2.24) is 15.3 Å². The fourth-order valence-corrected chi connectivity index (χ4v) is 4.37. The second-order valence-electron chi connectivity index (χ2n) is 8.79. The largest absolute Gasteiger partial charge is 0.383 e. The minimum atomic E-state index is -0.958. The molecule has 1 saturated heterocycles. The van der Waals surface area contributed by atoms with E-state index in [2.05, 4.69) is 45.8 Å². The smallest absolute Gasteiger partial charge is 0.249 e. The van der Waals surface area contributed by atoms with E-state index in [1.807, 2.05) is 13.8 Å². The van der Waals surface area contributed by atoms with Crippen molar-refractivity contribution in [3.8, 4) is 6.57 Å². The average molecular weight is 410 g/mol. The van der Waals surface area contributed by atoms with E-state index in [0.29, 0.717) is 5.92 Å². The maximum absolute atomic E-state index is 12.4. The maximum atomic E-state index is 12.4. The molecule has 1 saturated carbocycles. The molecule has 7 heteroatoms. The van der Waals surface area contributed by atoms with Crippen molar-refractivity contribution in [1.29, 1.82) is 5.26 Å². The molecule has 7 nitrogen and oxygen atoms in total. The van der Waals surface area contributed by atoms with Gasteiger partial charge in [0.05, 0.1) is 11.2 Å². The standard InChI is InChI=1S/C22H30N4O2.CHN/c1-13(2)21(27)22(28)25-17-10-16(15-5-6-15)11-26(12-17)18-7-4-14(3)19-20(18)24-9-8-23-19;1-2/h4,7-9,13,15-17,21,27H,5-6,10-12H2,1-3H3,(H,25,28);1H/t16?,17?,21-;/m0./s1. The first-order chi connectivity index (χ1) is 14.4. The van der Waals surface area contributed by atoms with E-state index in [1.54, 1.807) is 12.4 Å². The summed E-state index contributed by atoms with van der Waals surface area (Å²) in [4.78, 5) is 23.9. The molecule has 1 aliphatic heterocycles. The fraction of sp³-hybridized carbons (Fsp3) is 0.565. The van der Waals surface area contributed by atoms with Gasteiger partial charge >= 0.3 is 0 Å². The molecule has 1 aliphatic carbocycles. The van der Waals surface area contributed by atoms with Gasteiger partial charge in [0, 0.05) is 38.1 Å². The van der Waals surface area contributed by atoms with Crippen LogP contribution in [0.4, 0.5) is 5.69 Å². The molecule has 2 heterocycles. The van der Waals surface area contributed by atoms with E-state index in [0.717, 1.165) is 47.7 Å². The highest BCUT2D eigenvalue weighted by Gasteiger charge is 2.39. The van der Waals surface area contributed by atoms with Gasteiger partial charge < -0.3 is 15.3 Å². The van der Waals surface area contributed by atoms with Crippen molar-refractivity contribution >= 4 is 22.6 Å². The normalized spacial score (nSPS) is 22.3. The Morgan fingerprint density at radius 1 is 1.17 bits per heavy atom. The molecule has 4 rings (SSSR count). The van der Waals surface area contributed by atoms with Crippen molar-refractivity contribution in [2.24, 2.45) is 17.8 Å². The summed E-state index contributed by atoms with van der Waals surface area (Å²) in [6, 6.07) is 4.26. The number of aliphatic hydroxyl groups excluding tert-OH is 1. The molecular weight excluding hydrogens is 378 g/mol. The number of aromatic nitrogens is 2. The number of rotatable bonds is 5. The molecule has 1 aromatic carbocycles. The maximum Gasteiger partial charge on any atom is 0.249 e. The number of benzene rings is 1. The molecule has 0 radical (unpaired) electrons. The Balaban J connectivity index is 0.00000124. The van der Waals surface area contributed by atoms with Crippen LogP contribution in [0.3, 0.4) is 0 Å². The predicted octanol–water partition coefficient (Wildman–Crippen LogP) is 2.82. The predicted molar refractivity (Wildman–Crippen MR) is 117 cm³/mol. The first-order valence-corrected chi connectivity index (χ1v) is 10.6. The summed E-state index contributed by atoms with van der Waals surface area (Å²) in [7, 11) is 0. The number of aryl methyl sites for hydroxylation is 1. The highest BCUT2D eigenvalue weighted by Crippen LogP contribution is 2.42. The van der Waals surface area contributed by atoms with Crippen molar-refractivity contribution in [2.75, 3.05) is 18.0 Å². The van der Waals surface area contributed by atoms with Gasteiger partial charge in [0.1, 0.15) is 11.6 Å². The molecule has 2 fully saturated rings. The van der Waals surface area contributed by atoms with Crippen LogP contribution in [0, 0.1) is 36.5 Å². The third-order valence-electron chi connectivity index (χ3n) is 6.16. The van der Waals surface area contributed by atoms with Crippen LogP contribution in [0.1, 0.15) is 38.7 Å². The van der Waals surface area contributed by atoms with Crippen LogP contribution in [0.2, 0.25) is 0 Å². The monoisotopic (exact) mass is 409 g/mol. The van der Waals surface area contributed by atoms with Crippen LogP contribution in [-0.2, 0) is 4.79 Å². The van der Waals surface area contributed by atoms with E-state index < -0.39 is 6.10 Å². The van der Waals surface area contributed by atoms with E-state index in [1.165, 1.54) is 12.8 Å². The molecule has 2 aromatic rings. The average Bonchev–Trinajstić information content (AvgIpc) is 3.60. The summed E-state index contributed by atoms with van der Waals surface area (Å²) in [5, 5.41) is 19.7. The van der Waals surface area contributed by atoms with E-state index in [4.69, 9.17) is 5.26 Å². The molecule has 30 heavy (non-hydrogen) atoms. The van der Waals surface area contributed by atoms with Gasteiger partial charge in [-0.15, -0.1) is 0 Å². The number of piperidine rings is 1. The summed E-state index contributed by atoms with van der Waals surface area (Å²) in [5.74, 6) is 0.962. The van der Waals surface area contributed by atoms with E-state index >= 15 is 0 Å². The van der Waals surface area contributed by atoms with Gasteiger partial charge in [-0.3, -0.25) is 14.8 Å². The summed E-state index contributed by atoms with van der Waals surface area (Å²) < 4.78 is 0. The Morgan fingerprint density at radius 2 is 1.83 bits per heavy atom. The number of carbonyl (C=O) groups excluding carboxylic acids is 1. The highest BCUT2D eigenvalue weighted by molar-refractivity contribution is 5.90. The molecule has 1 aromatic heterocycles. The number of nitriles is 1. The number of anilines is 1. The zero-order valence-corrected chi connectivity index (χ0v) is 18.0. The summed E-state index contributed by atoms with van der Waals surface area (Å²) >= 11 is 0. The lowest BCUT2D eigenvalue weighted by Crippen LogP contribution is -2.53. The SMILES string of the molecule is C#N.Cc1ccc(N2CC(NC(=O)[C@@H](O)C(C)C)CC(C3CC3)C2)c2nccnc12. The number of aliphatic hydroxyl groups is 1. The molecule has 2 unspecified atom stereocenters. The topological polar surface area (TPSA) is 102 Å². The lowest BCUT2D eigenvalue weighted by Gasteiger charge is -2.40. The van der Waals surface area contributed by atoms with Crippen LogP contribution in [0.25, 0.3) is 11.0 Å². The minimum absolute atomic E-state index is 0.0354. The van der Waals surface area contributed by atoms with Crippen LogP contribution < -0.4 is 10.2 Å². The molecule has 3 atom stereocenters. The Hall–Kier alpha value is -2.72. The van der Waals surface area contributed by atoms with Crippen molar-refractivity contribution in [2.45, 2.75) is 52.2 Å². The minimum Gasteiger partial charge on any atom is -0.383 e. The molecule has 160 valence electrons. The number of hydrogen-bond acceptors (Lipinski definition) is 6. The number of fused-ring (bicyclic) bond motifs is 1. The third-order valence-corrected chi connectivity index (χ3v) is 6.16. The first-order valence-electron chi connectivity index (χ1n) is 10.6. The van der Waals surface area contributed by atoms with Gasteiger partial charge in [-0.25, -0.2) is 5.26 Å². The molecule has 0 spiro atoms. The van der Waals surface area contributed by atoms with Gasteiger partial charge in [0.15, 0.2) is 0 Å². The molecular formula is C23H31N5O2. The second-order valence-corrected chi connectivity index (χ2v) is 8.79. The van der Waals surface area contributed by atoms with Crippen molar-refractivity contribution in [3.63, 3.8) is 0 Å². The molecule has 2 aliphatic rings. The van der Waals surface area contributed by atoms with Crippen molar-refractivity contribution < 1.29 is 9.90 Å². The zero-order chi connectivity index (χ0) is 21.8. The van der Waals surface area contributed by atoms with Gasteiger partial charge in [0.2, 0.25) is 5.91 Å². The van der Waals surface area contributed by atoms with Gasteiger partial charge in [-0.05, 0) is 55.6 Å². The Labute approximate surface area is 178 Å². The van der Waals surface area contributed by atoms with Gasteiger partial charge in [-0.2, -0.15) is 0 Å². The zero-order valence-electron chi connectivity index (χ0n) is 18.0. The quantitative estimate of drug-likeness (QED) is 0.787. The summed E-state index contributed by atoms with van der Waals surface area (Å²) in [6.07, 6.45) is 6.06. The number of carbonyl (C=O) groups is 1. The van der Waals surface area contributed by atoms with Crippen molar-refractivity contribution in [3.05, 3.63) is 30.1 Å². The number of hydrogen-bond donors (Lipinski definition) is 2. The van der Waals surface area contributed by atoms with Gasteiger partial charge in [-0.1, -0.05) is 19.9 Å². The van der Waals surface area contributed by atoms with E-state index in [9.17, 15) is 9.90 Å². The third kappa shape index (κ3) is 4.71. The van der Waals surface area contributed by atoms with Crippen LogP contribution in [0.15, 0.2) is 24.5 Å². The highest BCUT2D eigenvalue weighted by atomic mass is 16.3. The Morgan fingerprint density at radius 3 is 2.47 bits per heavy atom. The molecule has 0 bridgehead atoms. The Kier molecular flexibility index (Phi) is 6.88. The molecule has 1 amide bonds. The summed E-state index contributed by atoms with van der Waals surface area (Å²) in [6.45, 7) is 11.0. The van der Waals surface area contributed by atoms with Gasteiger partial charge in [0.25, 0.3) is 0 Å². The Bertz CT molecular complexity index is 909. The number of nitrogens with zero attached hydrogens (tertiary/aromatic N) is 4. The first kappa shape index (κ1) is 22.0. The van der Waals surface area contributed by atoms with Crippen LogP contribution in [-0.4, -0.2) is 46.2 Å². The molecule has 2 N–H and O–H groups in total. The van der Waals surface area contributed by atoms with Crippen LogP contribution in [0.5, 0.6) is 0 Å². The fourth-order valence-electron chi connectivity index (χ4n) is 4.37. The number of amides is 1.